The van der Waals surface area contributed by atoms with Gasteiger partial charge < -0.3 is 11.1 Å². The Morgan fingerprint density at radius 3 is 2.42 bits per heavy atom. The zero-order valence-electron chi connectivity index (χ0n) is 11.7. The van der Waals surface area contributed by atoms with Gasteiger partial charge in [0.25, 0.3) is 5.91 Å². The van der Waals surface area contributed by atoms with Crippen molar-refractivity contribution in [2.45, 2.75) is 57.9 Å². The Hall–Kier alpha value is -1.51. The number of hydrogen-bond donors (Lipinski definition) is 2. The molecule has 3 N–H and O–H groups in total. The van der Waals surface area contributed by atoms with Crippen molar-refractivity contribution >= 4 is 11.6 Å². The predicted molar refractivity (Wildman–Crippen MR) is 79.2 cm³/mol. The third kappa shape index (κ3) is 3.72. The van der Waals surface area contributed by atoms with Gasteiger partial charge in [-0.1, -0.05) is 44.2 Å². The molecule has 1 aromatic rings. The molecule has 0 saturated heterocycles. The van der Waals surface area contributed by atoms with Crippen LogP contribution in [-0.2, 0) is 0 Å². The van der Waals surface area contributed by atoms with E-state index in [2.05, 4.69) is 5.32 Å². The zero-order chi connectivity index (χ0) is 13.7. The van der Waals surface area contributed by atoms with Crippen molar-refractivity contribution in [1.29, 1.82) is 0 Å². The Balaban J connectivity index is 2.03. The summed E-state index contributed by atoms with van der Waals surface area (Å²) in [6, 6.07) is 5.92. The van der Waals surface area contributed by atoms with Crippen LogP contribution in [0.2, 0.25) is 0 Å². The van der Waals surface area contributed by atoms with Crippen molar-refractivity contribution in [2.75, 3.05) is 5.73 Å². The second kappa shape index (κ2) is 6.60. The highest BCUT2D eigenvalue weighted by Crippen LogP contribution is 2.20. The fourth-order valence-electron chi connectivity index (χ4n) is 2.86. The summed E-state index contributed by atoms with van der Waals surface area (Å²) >= 11 is 0. The Labute approximate surface area is 115 Å². The summed E-state index contributed by atoms with van der Waals surface area (Å²) in [6.07, 6.45) is 8.54. The number of nitrogen functional groups attached to an aromatic ring is 1. The third-order valence-corrected chi connectivity index (χ3v) is 3.97. The van der Waals surface area contributed by atoms with Gasteiger partial charge in [-0.15, -0.1) is 0 Å². The first-order chi connectivity index (χ1) is 9.18. The van der Waals surface area contributed by atoms with Crippen LogP contribution in [0.25, 0.3) is 0 Å². The van der Waals surface area contributed by atoms with Gasteiger partial charge >= 0.3 is 0 Å². The van der Waals surface area contributed by atoms with E-state index in [0.717, 1.165) is 18.4 Å². The zero-order valence-corrected chi connectivity index (χ0v) is 11.7. The van der Waals surface area contributed by atoms with Gasteiger partial charge in [0.05, 0.1) is 5.56 Å². The summed E-state index contributed by atoms with van der Waals surface area (Å²) in [7, 11) is 0. The average Bonchev–Trinajstić information content (AvgIpc) is 2.32. The lowest BCUT2D eigenvalue weighted by Crippen LogP contribution is -2.36. The van der Waals surface area contributed by atoms with Crippen LogP contribution in [-0.4, -0.2) is 11.9 Å². The number of amides is 1. The van der Waals surface area contributed by atoms with Crippen molar-refractivity contribution in [1.82, 2.24) is 5.32 Å². The molecule has 1 amide bonds. The number of aryl methyl sites for hydroxylation is 1. The standard InChI is InChI=1S/C16H24N2O/c1-12-8-7-11-14(17)15(12)16(19)18-13-9-5-3-2-4-6-10-13/h7-8,11,13H,2-6,9-10,17H2,1H3,(H,18,19). The lowest BCUT2D eigenvalue weighted by Gasteiger charge is -2.22. The molecule has 0 spiro atoms. The Morgan fingerprint density at radius 2 is 1.79 bits per heavy atom. The molecule has 0 bridgehead atoms. The van der Waals surface area contributed by atoms with Crippen molar-refractivity contribution in [2.24, 2.45) is 0 Å². The Kier molecular flexibility index (Phi) is 4.83. The highest BCUT2D eigenvalue weighted by molar-refractivity contribution is 6.00. The maximum atomic E-state index is 12.4. The van der Waals surface area contributed by atoms with Crippen molar-refractivity contribution in [3.8, 4) is 0 Å². The van der Waals surface area contributed by atoms with Crippen LogP contribution < -0.4 is 11.1 Å². The fraction of sp³-hybridized carbons (Fsp3) is 0.562. The number of nitrogens with two attached hydrogens (primary N) is 1. The lowest BCUT2D eigenvalue weighted by molar-refractivity contribution is 0.0931. The molecule has 1 saturated carbocycles. The van der Waals surface area contributed by atoms with E-state index in [-0.39, 0.29) is 5.91 Å². The number of anilines is 1. The van der Waals surface area contributed by atoms with Gasteiger partial charge in [0.15, 0.2) is 0 Å². The van der Waals surface area contributed by atoms with Crippen LogP contribution in [0.3, 0.4) is 0 Å². The molecule has 0 unspecified atom stereocenters. The van der Waals surface area contributed by atoms with Crippen LogP contribution in [0.4, 0.5) is 5.69 Å². The first-order valence-corrected chi connectivity index (χ1v) is 7.34. The molecule has 0 atom stereocenters. The van der Waals surface area contributed by atoms with E-state index in [1.54, 1.807) is 6.07 Å². The molecular weight excluding hydrogens is 236 g/mol. The van der Waals surface area contributed by atoms with E-state index in [4.69, 9.17) is 5.73 Å². The number of carbonyl (C=O) groups is 1. The molecule has 19 heavy (non-hydrogen) atoms. The largest absolute Gasteiger partial charge is 0.398 e. The molecule has 1 aliphatic carbocycles. The van der Waals surface area contributed by atoms with E-state index >= 15 is 0 Å². The van der Waals surface area contributed by atoms with Gasteiger partial charge in [0.1, 0.15) is 0 Å². The Morgan fingerprint density at radius 1 is 1.16 bits per heavy atom. The fourth-order valence-corrected chi connectivity index (χ4v) is 2.86. The molecule has 3 nitrogen and oxygen atoms in total. The smallest absolute Gasteiger partial charge is 0.253 e. The summed E-state index contributed by atoms with van der Waals surface area (Å²) in [6.45, 7) is 1.93. The van der Waals surface area contributed by atoms with E-state index in [1.807, 2.05) is 19.1 Å². The topological polar surface area (TPSA) is 55.1 Å². The number of carbonyl (C=O) groups excluding carboxylic acids is 1. The molecule has 2 rings (SSSR count). The van der Waals surface area contributed by atoms with Crippen LogP contribution in [0.15, 0.2) is 18.2 Å². The minimum absolute atomic E-state index is 0.0128. The molecule has 0 radical (unpaired) electrons. The summed E-state index contributed by atoms with van der Waals surface area (Å²) < 4.78 is 0. The van der Waals surface area contributed by atoms with Gasteiger partial charge in [-0.05, 0) is 31.4 Å². The van der Waals surface area contributed by atoms with Crippen LogP contribution in [0.5, 0.6) is 0 Å². The monoisotopic (exact) mass is 260 g/mol. The quantitative estimate of drug-likeness (QED) is 0.800. The van der Waals surface area contributed by atoms with Crippen molar-refractivity contribution < 1.29 is 4.79 Å². The molecule has 0 aromatic heterocycles. The number of nitrogens with one attached hydrogen (secondary N) is 1. The van der Waals surface area contributed by atoms with Crippen LogP contribution >= 0.6 is 0 Å². The summed E-state index contributed by atoms with van der Waals surface area (Å²) in [5.74, 6) is -0.0128. The van der Waals surface area contributed by atoms with E-state index in [9.17, 15) is 4.79 Å². The average molecular weight is 260 g/mol. The summed E-state index contributed by atoms with van der Waals surface area (Å²) in [5, 5.41) is 3.17. The normalized spacial score (nSPS) is 17.5. The summed E-state index contributed by atoms with van der Waals surface area (Å²) in [5.41, 5.74) is 8.09. The van der Waals surface area contributed by atoms with E-state index in [1.165, 1.54) is 32.1 Å². The molecule has 3 heteroatoms. The van der Waals surface area contributed by atoms with Crippen LogP contribution in [0.1, 0.15) is 60.9 Å². The van der Waals surface area contributed by atoms with Crippen LogP contribution in [0, 0.1) is 6.92 Å². The lowest BCUT2D eigenvalue weighted by atomic mass is 9.96. The van der Waals surface area contributed by atoms with Gasteiger partial charge in [0.2, 0.25) is 0 Å². The molecule has 1 aromatic carbocycles. The second-order valence-corrected chi connectivity index (χ2v) is 5.55. The molecule has 1 fully saturated rings. The highest BCUT2D eigenvalue weighted by Gasteiger charge is 2.17. The molecular formula is C16H24N2O. The van der Waals surface area contributed by atoms with Gasteiger partial charge in [0, 0.05) is 11.7 Å². The predicted octanol–water partition coefficient (Wildman–Crippen LogP) is 3.42. The van der Waals surface area contributed by atoms with Gasteiger partial charge in [-0.2, -0.15) is 0 Å². The SMILES string of the molecule is Cc1cccc(N)c1C(=O)NC1CCCCCCC1. The molecule has 0 aliphatic heterocycles. The minimum atomic E-state index is -0.0128. The van der Waals surface area contributed by atoms with Crippen molar-refractivity contribution in [3.63, 3.8) is 0 Å². The first-order valence-electron chi connectivity index (χ1n) is 7.34. The third-order valence-electron chi connectivity index (χ3n) is 3.97. The molecule has 0 heterocycles. The number of benzene rings is 1. The first kappa shape index (κ1) is 13.9. The number of hydrogen-bond acceptors (Lipinski definition) is 2. The summed E-state index contributed by atoms with van der Waals surface area (Å²) in [4.78, 5) is 12.4. The number of rotatable bonds is 2. The Bertz CT molecular complexity index is 414. The molecule has 1 aliphatic rings. The van der Waals surface area contributed by atoms with Gasteiger partial charge in [-0.25, -0.2) is 0 Å². The van der Waals surface area contributed by atoms with Crippen molar-refractivity contribution in [3.05, 3.63) is 29.3 Å². The minimum Gasteiger partial charge on any atom is -0.398 e. The highest BCUT2D eigenvalue weighted by atomic mass is 16.1. The second-order valence-electron chi connectivity index (χ2n) is 5.55. The molecule has 104 valence electrons. The van der Waals surface area contributed by atoms with E-state index in [0.29, 0.717) is 17.3 Å². The maximum absolute atomic E-state index is 12.4. The maximum Gasteiger partial charge on any atom is 0.253 e. The van der Waals surface area contributed by atoms with E-state index < -0.39 is 0 Å². The van der Waals surface area contributed by atoms with Gasteiger partial charge in [-0.3, -0.25) is 4.79 Å².